The van der Waals surface area contributed by atoms with Crippen molar-refractivity contribution < 1.29 is 23.8 Å². The van der Waals surface area contributed by atoms with Gasteiger partial charge in [-0.15, -0.1) is 0 Å². The van der Waals surface area contributed by atoms with Crippen molar-refractivity contribution in [1.82, 2.24) is 5.32 Å². The molecule has 0 spiro atoms. The van der Waals surface area contributed by atoms with Crippen LogP contribution in [0.3, 0.4) is 0 Å². The first-order valence-corrected chi connectivity index (χ1v) is 14.9. The third-order valence-corrected chi connectivity index (χ3v) is 8.06. The zero-order valence-electron chi connectivity index (χ0n) is 24.1. The van der Waals surface area contributed by atoms with Crippen LogP contribution in [0.4, 0.5) is 5.69 Å². The van der Waals surface area contributed by atoms with E-state index in [4.69, 9.17) is 14.2 Å². The van der Waals surface area contributed by atoms with E-state index in [9.17, 15) is 9.59 Å². The number of anilines is 1. The summed E-state index contributed by atoms with van der Waals surface area (Å²) >= 11 is 0. The highest BCUT2D eigenvalue weighted by Crippen LogP contribution is 2.31. The Kier molecular flexibility index (Phi) is 9.11. The molecule has 2 saturated heterocycles. The summed E-state index contributed by atoms with van der Waals surface area (Å²) in [6.07, 6.45) is 1.82. The van der Waals surface area contributed by atoms with Gasteiger partial charge in [-0.1, -0.05) is 84.9 Å². The van der Waals surface area contributed by atoms with Crippen molar-refractivity contribution in [2.75, 3.05) is 24.7 Å². The van der Waals surface area contributed by atoms with Gasteiger partial charge in [-0.05, 0) is 53.8 Å². The van der Waals surface area contributed by atoms with Crippen molar-refractivity contribution in [2.24, 2.45) is 0 Å². The molecule has 6 rings (SSSR count). The number of esters is 1. The van der Waals surface area contributed by atoms with Gasteiger partial charge in [0.25, 0.3) is 0 Å². The van der Waals surface area contributed by atoms with Gasteiger partial charge < -0.3 is 24.4 Å². The van der Waals surface area contributed by atoms with E-state index in [-0.39, 0.29) is 25.2 Å². The summed E-state index contributed by atoms with van der Waals surface area (Å²) in [5.74, 6) is 0.302. The summed E-state index contributed by atoms with van der Waals surface area (Å²) in [5, 5.41) is 3.24. The van der Waals surface area contributed by atoms with Crippen LogP contribution in [0.2, 0.25) is 0 Å². The molecular formula is C36H36N2O5. The van der Waals surface area contributed by atoms with E-state index < -0.39 is 5.97 Å². The number of benzene rings is 4. The highest BCUT2D eigenvalue weighted by atomic mass is 16.5. The quantitative estimate of drug-likeness (QED) is 0.220. The SMILES string of the molecule is O=C(OCc1ccccc1)c1ccc(N(Cc2ccc(C3CCOC3)cc2)C(=O)[C@H]2CCN2)cc1OCc1ccccc1. The monoisotopic (exact) mass is 576 g/mol. The molecule has 2 atom stereocenters. The minimum absolute atomic E-state index is 0.00654. The molecule has 1 unspecified atom stereocenters. The summed E-state index contributed by atoms with van der Waals surface area (Å²) in [6, 6.07) is 32.8. The van der Waals surface area contributed by atoms with E-state index in [1.807, 2.05) is 60.7 Å². The summed E-state index contributed by atoms with van der Waals surface area (Å²) in [7, 11) is 0. The highest BCUT2D eigenvalue weighted by Gasteiger charge is 2.31. The van der Waals surface area contributed by atoms with Gasteiger partial charge in [-0.2, -0.15) is 0 Å². The van der Waals surface area contributed by atoms with Crippen LogP contribution in [-0.2, 0) is 34.0 Å². The Morgan fingerprint density at radius 1 is 0.814 bits per heavy atom. The summed E-state index contributed by atoms with van der Waals surface area (Å²) in [6.45, 7) is 3.19. The fourth-order valence-electron chi connectivity index (χ4n) is 5.36. The molecule has 220 valence electrons. The maximum absolute atomic E-state index is 13.7. The fraction of sp³-hybridized carbons (Fsp3) is 0.278. The molecule has 4 aromatic rings. The van der Waals surface area contributed by atoms with Crippen molar-refractivity contribution in [3.05, 3.63) is 131 Å². The molecule has 2 aliphatic rings. The van der Waals surface area contributed by atoms with Gasteiger partial charge in [0.2, 0.25) is 5.91 Å². The van der Waals surface area contributed by atoms with Crippen molar-refractivity contribution in [2.45, 2.75) is 44.6 Å². The van der Waals surface area contributed by atoms with Crippen LogP contribution in [0.15, 0.2) is 103 Å². The average molecular weight is 577 g/mol. The first-order valence-electron chi connectivity index (χ1n) is 14.9. The zero-order chi connectivity index (χ0) is 29.4. The number of rotatable bonds is 11. The minimum Gasteiger partial charge on any atom is -0.488 e. The van der Waals surface area contributed by atoms with E-state index in [1.165, 1.54) is 5.56 Å². The van der Waals surface area contributed by atoms with Crippen molar-refractivity contribution in [1.29, 1.82) is 0 Å². The number of hydrogen-bond acceptors (Lipinski definition) is 6. The lowest BCUT2D eigenvalue weighted by atomic mass is 9.97. The van der Waals surface area contributed by atoms with Gasteiger partial charge >= 0.3 is 5.97 Å². The predicted molar refractivity (Wildman–Crippen MR) is 165 cm³/mol. The lowest BCUT2D eigenvalue weighted by Crippen LogP contribution is -2.54. The number of ether oxygens (including phenoxy) is 3. The summed E-state index contributed by atoms with van der Waals surface area (Å²) in [4.78, 5) is 28.7. The van der Waals surface area contributed by atoms with Crippen LogP contribution >= 0.6 is 0 Å². The van der Waals surface area contributed by atoms with Gasteiger partial charge in [-0.25, -0.2) is 4.79 Å². The molecule has 7 heteroatoms. The largest absolute Gasteiger partial charge is 0.488 e. The molecule has 2 heterocycles. The van der Waals surface area contributed by atoms with Gasteiger partial charge in [0.15, 0.2) is 0 Å². The van der Waals surface area contributed by atoms with E-state index in [2.05, 4.69) is 29.6 Å². The molecule has 4 aromatic carbocycles. The predicted octanol–water partition coefficient (Wildman–Crippen LogP) is 6.02. The molecular weight excluding hydrogens is 540 g/mol. The maximum atomic E-state index is 13.7. The number of amides is 1. The molecule has 0 radical (unpaired) electrons. The Balaban J connectivity index is 1.27. The average Bonchev–Trinajstić information content (AvgIpc) is 3.57. The second-order valence-corrected chi connectivity index (χ2v) is 11.0. The van der Waals surface area contributed by atoms with Crippen LogP contribution in [0, 0.1) is 0 Å². The molecule has 7 nitrogen and oxygen atoms in total. The summed E-state index contributed by atoms with van der Waals surface area (Å²) < 4.78 is 17.4. The first-order chi connectivity index (χ1) is 21.1. The standard InChI is InChI=1S/C36H36N2O5/c39-35(33-17-19-37-33)38(22-26-11-13-29(14-12-26)30-18-20-41-25-30)31-15-16-32(36(40)43-24-28-9-5-2-6-10-28)34(21-31)42-23-27-7-3-1-4-8-27/h1-16,21,30,33,37H,17-20,22-25H2/t30?,33-/m1/s1. The number of nitrogens with one attached hydrogen (secondary N) is 1. The summed E-state index contributed by atoms with van der Waals surface area (Å²) in [5.41, 5.74) is 5.12. The van der Waals surface area contributed by atoms with E-state index in [1.54, 1.807) is 23.1 Å². The molecule has 0 aromatic heterocycles. The lowest BCUT2D eigenvalue weighted by Gasteiger charge is -2.33. The Labute approximate surface area is 252 Å². The van der Waals surface area contributed by atoms with Gasteiger partial charge in [0, 0.05) is 24.3 Å². The van der Waals surface area contributed by atoms with E-state index in [0.29, 0.717) is 29.5 Å². The van der Waals surface area contributed by atoms with Crippen molar-refractivity contribution >= 4 is 17.6 Å². The second-order valence-electron chi connectivity index (χ2n) is 11.0. The molecule has 2 aliphatic heterocycles. The lowest BCUT2D eigenvalue weighted by molar-refractivity contribution is -0.122. The third kappa shape index (κ3) is 7.13. The Morgan fingerprint density at radius 2 is 1.51 bits per heavy atom. The normalized spacial score (nSPS) is 17.6. The van der Waals surface area contributed by atoms with Crippen LogP contribution in [0.25, 0.3) is 0 Å². The Hall–Kier alpha value is -4.46. The fourth-order valence-corrected chi connectivity index (χ4v) is 5.36. The molecule has 0 saturated carbocycles. The molecule has 43 heavy (non-hydrogen) atoms. The zero-order valence-corrected chi connectivity index (χ0v) is 24.1. The molecule has 1 N–H and O–H groups in total. The Bertz CT molecular complexity index is 1510. The second kappa shape index (κ2) is 13.7. The first kappa shape index (κ1) is 28.6. The smallest absolute Gasteiger partial charge is 0.342 e. The molecule has 2 fully saturated rings. The molecule has 0 aliphatic carbocycles. The number of hydrogen-bond donors (Lipinski definition) is 1. The molecule has 1 amide bonds. The van der Waals surface area contributed by atoms with E-state index >= 15 is 0 Å². The van der Waals surface area contributed by atoms with Crippen LogP contribution in [0.1, 0.15) is 51.4 Å². The number of carbonyl (C=O) groups excluding carboxylic acids is 2. The van der Waals surface area contributed by atoms with E-state index in [0.717, 1.165) is 49.3 Å². The minimum atomic E-state index is -0.483. The maximum Gasteiger partial charge on any atom is 0.342 e. The van der Waals surface area contributed by atoms with Crippen LogP contribution < -0.4 is 15.0 Å². The van der Waals surface area contributed by atoms with Gasteiger partial charge in [0.05, 0.1) is 19.2 Å². The molecule has 0 bridgehead atoms. The van der Waals surface area contributed by atoms with Gasteiger partial charge in [0.1, 0.15) is 24.5 Å². The highest BCUT2D eigenvalue weighted by molar-refractivity contribution is 5.99. The van der Waals surface area contributed by atoms with Crippen molar-refractivity contribution in [3.8, 4) is 5.75 Å². The topological polar surface area (TPSA) is 77.1 Å². The Morgan fingerprint density at radius 3 is 2.14 bits per heavy atom. The van der Waals surface area contributed by atoms with Crippen molar-refractivity contribution in [3.63, 3.8) is 0 Å². The van der Waals surface area contributed by atoms with Gasteiger partial charge in [-0.3, -0.25) is 4.79 Å². The van der Waals surface area contributed by atoms with Crippen LogP contribution in [0.5, 0.6) is 5.75 Å². The van der Waals surface area contributed by atoms with Crippen LogP contribution in [-0.4, -0.2) is 37.7 Å². The third-order valence-electron chi connectivity index (χ3n) is 8.06. The number of carbonyl (C=O) groups is 2. The number of nitrogens with zero attached hydrogens (tertiary/aromatic N) is 1.